The Bertz CT molecular complexity index is 400. The van der Waals surface area contributed by atoms with Gasteiger partial charge in [0.25, 0.3) is 0 Å². The van der Waals surface area contributed by atoms with Gasteiger partial charge in [0.1, 0.15) is 0 Å². The first-order valence-electron chi connectivity index (χ1n) is 6.72. The van der Waals surface area contributed by atoms with Crippen LogP contribution < -0.4 is 5.32 Å². The molecule has 0 unspecified atom stereocenters. The van der Waals surface area contributed by atoms with Gasteiger partial charge in [-0.1, -0.05) is 51.5 Å². The quantitative estimate of drug-likeness (QED) is 0.771. The van der Waals surface area contributed by atoms with E-state index in [0.717, 1.165) is 12.5 Å². The zero-order chi connectivity index (χ0) is 12.6. The highest BCUT2D eigenvalue weighted by Crippen LogP contribution is 2.31. The standard InChI is InChI=1S/C16H25N/c1-11-6-13(15-8-12(2)10-17-15)9-14(7-11)16(3,4)5/h6-7,9,12,15,17H,8,10H2,1-5H3/t12-,15+/m0/s1. The van der Waals surface area contributed by atoms with E-state index in [9.17, 15) is 0 Å². The Morgan fingerprint density at radius 1 is 1.18 bits per heavy atom. The van der Waals surface area contributed by atoms with E-state index in [1.54, 1.807) is 0 Å². The second-order valence-corrected chi connectivity index (χ2v) is 6.68. The van der Waals surface area contributed by atoms with Crippen LogP contribution in [0.4, 0.5) is 0 Å². The first kappa shape index (κ1) is 12.6. The van der Waals surface area contributed by atoms with Crippen LogP contribution in [0.1, 0.15) is 56.8 Å². The molecule has 2 rings (SSSR count). The molecular weight excluding hydrogens is 206 g/mol. The predicted molar refractivity (Wildman–Crippen MR) is 74.4 cm³/mol. The summed E-state index contributed by atoms with van der Waals surface area (Å²) in [6.45, 7) is 12.6. The third kappa shape index (κ3) is 2.90. The van der Waals surface area contributed by atoms with Crippen LogP contribution in [-0.2, 0) is 5.41 Å². The molecule has 0 spiro atoms. The van der Waals surface area contributed by atoms with Crippen LogP contribution in [0.3, 0.4) is 0 Å². The molecule has 1 aliphatic heterocycles. The normalized spacial score (nSPS) is 25.2. The lowest BCUT2D eigenvalue weighted by atomic mass is 9.84. The molecule has 1 aliphatic rings. The maximum atomic E-state index is 3.63. The molecule has 0 bridgehead atoms. The van der Waals surface area contributed by atoms with Gasteiger partial charge in [-0.05, 0) is 42.3 Å². The summed E-state index contributed by atoms with van der Waals surface area (Å²) < 4.78 is 0. The Morgan fingerprint density at radius 2 is 1.88 bits per heavy atom. The van der Waals surface area contributed by atoms with Gasteiger partial charge in [-0.15, -0.1) is 0 Å². The van der Waals surface area contributed by atoms with E-state index in [0.29, 0.717) is 6.04 Å². The molecule has 0 saturated carbocycles. The fourth-order valence-corrected chi connectivity index (χ4v) is 2.61. The summed E-state index contributed by atoms with van der Waals surface area (Å²) in [5.74, 6) is 0.804. The van der Waals surface area contributed by atoms with Crippen molar-refractivity contribution in [2.75, 3.05) is 6.54 Å². The van der Waals surface area contributed by atoms with Gasteiger partial charge in [0, 0.05) is 6.04 Å². The monoisotopic (exact) mass is 231 g/mol. The van der Waals surface area contributed by atoms with E-state index in [4.69, 9.17) is 0 Å². The minimum absolute atomic E-state index is 0.241. The second-order valence-electron chi connectivity index (χ2n) is 6.68. The van der Waals surface area contributed by atoms with E-state index in [1.807, 2.05) is 0 Å². The zero-order valence-electron chi connectivity index (χ0n) is 11.8. The van der Waals surface area contributed by atoms with Crippen molar-refractivity contribution in [2.45, 2.75) is 52.5 Å². The average molecular weight is 231 g/mol. The number of nitrogens with one attached hydrogen (secondary N) is 1. The summed E-state index contributed by atoms with van der Waals surface area (Å²) in [7, 11) is 0. The third-order valence-electron chi connectivity index (χ3n) is 3.72. The molecule has 0 aromatic heterocycles. The van der Waals surface area contributed by atoms with Crippen molar-refractivity contribution in [2.24, 2.45) is 5.92 Å². The van der Waals surface area contributed by atoms with E-state index >= 15 is 0 Å². The molecule has 0 amide bonds. The van der Waals surface area contributed by atoms with Crippen LogP contribution in [0.15, 0.2) is 18.2 Å². The molecule has 17 heavy (non-hydrogen) atoms. The van der Waals surface area contributed by atoms with Crippen molar-refractivity contribution < 1.29 is 0 Å². The average Bonchev–Trinajstić information content (AvgIpc) is 2.62. The smallest absolute Gasteiger partial charge is 0.0323 e. The molecule has 1 heterocycles. The molecule has 1 N–H and O–H groups in total. The van der Waals surface area contributed by atoms with Crippen molar-refractivity contribution in [3.63, 3.8) is 0 Å². The Morgan fingerprint density at radius 3 is 2.41 bits per heavy atom. The van der Waals surface area contributed by atoms with Crippen molar-refractivity contribution in [3.8, 4) is 0 Å². The summed E-state index contributed by atoms with van der Waals surface area (Å²) in [6, 6.07) is 7.61. The molecule has 1 fully saturated rings. The number of hydrogen-bond donors (Lipinski definition) is 1. The van der Waals surface area contributed by atoms with Crippen LogP contribution in [-0.4, -0.2) is 6.54 Å². The molecule has 2 atom stereocenters. The first-order chi connectivity index (χ1) is 7.86. The highest BCUT2D eigenvalue weighted by atomic mass is 14.9. The second kappa shape index (κ2) is 4.45. The SMILES string of the molecule is Cc1cc([C@H]2C[C@H](C)CN2)cc(C(C)(C)C)c1. The minimum atomic E-state index is 0.241. The Hall–Kier alpha value is -0.820. The lowest BCUT2D eigenvalue weighted by molar-refractivity contribution is 0.580. The number of rotatable bonds is 1. The fraction of sp³-hybridized carbons (Fsp3) is 0.625. The van der Waals surface area contributed by atoms with Gasteiger partial charge in [0.05, 0.1) is 0 Å². The number of benzene rings is 1. The molecular formula is C16H25N. The Balaban J connectivity index is 2.32. The van der Waals surface area contributed by atoms with Crippen molar-refractivity contribution in [1.29, 1.82) is 0 Å². The van der Waals surface area contributed by atoms with E-state index in [-0.39, 0.29) is 5.41 Å². The van der Waals surface area contributed by atoms with Crippen molar-refractivity contribution >= 4 is 0 Å². The van der Waals surface area contributed by atoms with E-state index in [2.05, 4.69) is 58.1 Å². The predicted octanol–water partition coefficient (Wildman–Crippen LogP) is 3.96. The molecule has 1 nitrogen and oxygen atoms in total. The summed E-state index contributed by atoms with van der Waals surface area (Å²) in [4.78, 5) is 0. The number of aryl methyl sites for hydroxylation is 1. The maximum Gasteiger partial charge on any atom is 0.0323 e. The summed E-state index contributed by atoms with van der Waals surface area (Å²) in [5.41, 5.74) is 4.55. The van der Waals surface area contributed by atoms with Crippen molar-refractivity contribution in [3.05, 3.63) is 34.9 Å². The molecule has 1 aromatic rings. The molecule has 0 radical (unpaired) electrons. The van der Waals surface area contributed by atoms with Gasteiger partial charge < -0.3 is 5.32 Å². The summed E-state index contributed by atoms with van der Waals surface area (Å²) in [6.07, 6.45) is 1.27. The molecule has 1 aromatic carbocycles. The van der Waals surface area contributed by atoms with Gasteiger partial charge in [-0.3, -0.25) is 0 Å². The van der Waals surface area contributed by atoms with Crippen LogP contribution >= 0.6 is 0 Å². The lowest BCUT2D eigenvalue weighted by Gasteiger charge is -2.22. The maximum absolute atomic E-state index is 3.63. The molecule has 1 saturated heterocycles. The van der Waals surface area contributed by atoms with Crippen LogP contribution in [0.5, 0.6) is 0 Å². The van der Waals surface area contributed by atoms with Crippen molar-refractivity contribution in [1.82, 2.24) is 5.32 Å². The van der Waals surface area contributed by atoms with Crippen LogP contribution in [0.25, 0.3) is 0 Å². The summed E-state index contributed by atoms with van der Waals surface area (Å²) >= 11 is 0. The van der Waals surface area contributed by atoms with Crippen LogP contribution in [0.2, 0.25) is 0 Å². The van der Waals surface area contributed by atoms with Gasteiger partial charge in [-0.2, -0.15) is 0 Å². The van der Waals surface area contributed by atoms with Crippen LogP contribution in [0, 0.1) is 12.8 Å². The van der Waals surface area contributed by atoms with Gasteiger partial charge in [0.2, 0.25) is 0 Å². The largest absolute Gasteiger partial charge is 0.310 e. The lowest BCUT2D eigenvalue weighted by Crippen LogP contribution is -2.16. The van der Waals surface area contributed by atoms with Gasteiger partial charge in [0.15, 0.2) is 0 Å². The van der Waals surface area contributed by atoms with Gasteiger partial charge in [-0.25, -0.2) is 0 Å². The van der Waals surface area contributed by atoms with Gasteiger partial charge >= 0.3 is 0 Å². The molecule has 94 valence electrons. The summed E-state index contributed by atoms with van der Waals surface area (Å²) in [5, 5.41) is 3.63. The third-order valence-corrected chi connectivity index (χ3v) is 3.72. The Kier molecular flexibility index (Phi) is 3.31. The number of hydrogen-bond acceptors (Lipinski definition) is 1. The minimum Gasteiger partial charge on any atom is -0.310 e. The first-order valence-corrected chi connectivity index (χ1v) is 6.72. The highest BCUT2D eigenvalue weighted by Gasteiger charge is 2.23. The zero-order valence-corrected chi connectivity index (χ0v) is 11.8. The van der Waals surface area contributed by atoms with E-state index in [1.165, 1.54) is 23.1 Å². The molecule has 1 heteroatoms. The Labute approximate surface area is 106 Å². The molecule has 0 aliphatic carbocycles. The topological polar surface area (TPSA) is 12.0 Å². The highest BCUT2D eigenvalue weighted by molar-refractivity contribution is 5.35. The fourth-order valence-electron chi connectivity index (χ4n) is 2.61. The van der Waals surface area contributed by atoms with E-state index < -0.39 is 0 Å².